The van der Waals surface area contributed by atoms with Crippen molar-refractivity contribution in [1.82, 2.24) is 14.7 Å². The van der Waals surface area contributed by atoms with Crippen LogP contribution in [0.3, 0.4) is 0 Å². The molecule has 0 spiro atoms. The average molecular weight is 339 g/mol. The standard InChI is InChI=1S/C16H16F3N3O2/c1-21(2)15(23)10-3-5-11(6-4-10)22-13-7-8-24-9-12(13)14(20-22)16(17,18)19/h3-6H,7-9H2,1-2H3. The van der Waals surface area contributed by atoms with Gasteiger partial charge in [-0.3, -0.25) is 4.79 Å². The summed E-state index contributed by atoms with van der Waals surface area (Å²) < 4.78 is 46.0. The quantitative estimate of drug-likeness (QED) is 0.845. The second kappa shape index (κ2) is 5.94. The molecule has 0 saturated heterocycles. The van der Waals surface area contributed by atoms with Crippen LogP contribution in [0.15, 0.2) is 24.3 Å². The van der Waals surface area contributed by atoms with Gasteiger partial charge in [0.25, 0.3) is 5.91 Å². The molecule has 0 atom stereocenters. The summed E-state index contributed by atoms with van der Waals surface area (Å²) in [5.74, 6) is -0.173. The zero-order valence-electron chi connectivity index (χ0n) is 13.2. The van der Waals surface area contributed by atoms with E-state index in [2.05, 4.69) is 5.10 Å². The Balaban J connectivity index is 2.04. The summed E-state index contributed by atoms with van der Waals surface area (Å²) in [6, 6.07) is 6.36. The normalized spacial score (nSPS) is 14.4. The van der Waals surface area contributed by atoms with Crippen molar-refractivity contribution in [2.45, 2.75) is 19.2 Å². The number of hydrogen-bond acceptors (Lipinski definition) is 3. The first kappa shape index (κ1) is 16.5. The molecule has 0 N–H and O–H groups in total. The van der Waals surface area contributed by atoms with Crippen molar-refractivity contribution < 1.29 is 22.7 Å². The van der Waals surface area contributed by atoms with Crippen LogP contribution in [0.2, 0.25) is 0 Å². The number of nitrogens with zero attached hydrogens (tertiary/aromatic N) is 3. The Bertz CT molecular complexity index is 764. The van der Waals surface area contributed by atoms with Crippen molar-refractivity contribution in [3.63, 3.8) is 0 Å². The average Bonchev–Trinajstić information content (AvgIpc) is 2.94. The molecule has 0 fully saturated rings. The highest BCUT2D eigenvalue weighted by Gasteiger charge is 2.40. The van der Waals surface area contributed by atoms with E-state index >= 15 is 0 Å². The Morgan fingerprint density at radius 1 is 1.25 bits per heavy atom. The van der Waals surface area contributed by atoms with Crippen LogP contribution in [0.5, 0.6) is 0 Å². The van der Waals surface area contributed by atoms with Crippen LogP contribution in [-0.2, 0) is 23.9 Å². The molecule has 2 heterocycles. The maximum atomic E-state index is 13.2. The monoisotopic (exact) mass is 339 g/mol. The molecule has 1 aliphatic heterocycles. The van der Waals surface area contributed by atoms with Gasteiger partial charge in [-0.1, -0.05) is 0 Å². The zero-order chi connectivity index (χ0) is 17.5. The number of alkyl halides is 3. The summed E-state index contributed by atoms with van der Waals surface area (Å²) >= 11 is 0. The molecule has 24 heavy (non-hydrogen) atoms. The molecule has 1 aliphatic rings. The molecule has 0 aliphatic carbocycles. The number of carbonyl (C=O) groups is 1. The second-order valence-electron chi connectivity index (χ2n) is 5.73. The van der Waals surface area contributed by atoms with Gasteiger partial charge in [0, 0.05) is 31.6 Å². The van der Waals surface area contributed by atoms with E-state index in [1.54, 1.807) is 38.4 Å². The van der Waals surface area contributed by atoms with E-state index in [0.29, 0.717) is 30.0 Å². The van der Waals surface area contributed by atoms with E-state index in [1.807, 2.05) is 0 Å². The Morgan fingerprint density at radius 2 is 1.92 bits per heavy atom. The van der Waals surface area contributed by atoms with Crippen molar-refractivity contribution in [3.05, 3.63) is 46.8 Å². The molecule has 1 aromatic carbocycles. The van der Waals surface area contributed by atoms with E-state index in [4.69, 9.17) is 4.74 Å². The van der Waals surface area contributed by atoms with Gasteiger partial charge in [0.15, 0.2) is 5.69 Å². The molecule has 5 nitrogen and oxygen atoms in total. The molecule has 128 valence electrons. The van der Waals surface area contributed by atoms with Crippen LogP contribution in [0, 0.1) is 0 Å². The van der Waals surface area contributed by atoms with Crippen LogP contribution in [0.25, 0.3) is 5.69 Å². The summed E-state index contributed by atoms with van der Waals surface area (Å²) in [6.07, 6.45) is -4.17. The van der Waals surface area contributed by atoms with E-state index in [1.165, 1.54) is 9.58 Å². The highest BCUT2D eigenvalue weighted by Crippen LogP contribution is 2.35. The Morgan fingerprint density at radius 3 is 2.50 bits per heavy atom. The third kappa shape index (κ3) is 2.89. The molecular weight excluding hydrogens is 323 g/mol. The maximum Gasteiger partial charge on any atom is 0.435 e. The Hall–Kier alpha value is -2.35. The van der Waals surface area contributed by atoms with E-state index < -0.39 is 11.9 Å². The lowest BCUT2D eigenvalue weighted by atomic mass is 10.1. The van der Waals surface area contributed by atoms with Gasteiger partial charge in [-0.2, -0.15) is 18.3 Å². The lowest BCUT2D eigenvalue weighted by Gasteiger charge is -2.16. The number of rotatable bonds is 2. The van der Waals surface area contributed by atoms with Gasteiger partial charge in [0.05, 0.1) is 24.6 Å². The Kier molecular flexibility index (Phi) is 4.08. The first-order chi connectivity index (χ1) is 11.3. The fraction of sp³-hybridized carbons (Fsp3) is 0.375. The minimum atomic E-state index is -4.53. The van der Waals surface area contributed by atoms with Crippen molar-refractivity contribution >= 4 is 5.91 Å². The molecule has 0 unspecified atom stereocenters. The summed E-state index contributed by atoms with van der Waals surface area (Å²) in [5.41, 5.74) is 0.621. The summed E-state index contributed by atoms with van der Waals surface area (Å²) in [7, 11) is 3.27. The van der Waals surface area contributed by atoms with Crippen molar-refractivity contribution in [2.75, 3.05) is 20.7 Å². The number of fused-ring (bicyclic) bond motifs is 1. The smallest absolute Gasteiger partial charge is 0.376 e. The van der Waals surface area contributed by atoms with Gasteiger partial charge in [-0.05, 0) is 24.3 Å². The van der Waals surface area contributed by atoms with Crippen LogP contribution in [-0.4, -0.2) is 41.3 Å². The second-order valence-corrected chi connectivity index (χ2v) is 5.73. The molecule has 1 aromatic heterocycles. The van der Waals surface area contributed by atoms with Crippen molar-refractivity contribution in [3.8, 4) is 5.69 Å². The van der Waals surface area contributed by atoms with E-state index in [9.17, 15) is 18.0 Å². The first-order valence-electron chi connectivity index (χ1n) is 7.37. The maximum absolute atomic E-state index is 13.2. The molecule has 0 bridgehead atoms. The van der Waals surface area contributed by atoms with Gasteiger partial charge in [-0.25, -0.2) is 4.68 Å². The summed E-state index contributed by atoms with van der Waals surface area (Å²) in [6.45, 7) is 0.258. The fourth-order valence-electron chi connectivity index (χ4n) is 2.68. The fourth-order valence-corrected chi connectivity index (χ4v) is 2.68. The third-order valence-electron chi connectivity index (χ3n) is 3.85. The zero-order valence-corrected chi connectivity index (χ0v) is 13.2. The van der Waals surface area contributed by atoms with Crippen LogP contribution in [0.4, 0.5) is 13.2 Å². The van der Waals surface area contributed by atoms with Crippen LogP contribution >= 0.6 is 0 Å². The van der Waals surface area contributed by atoms with Gasteiger partial charge < -0.3 is 9.64 Å². The number of ether oxygens (including phenoxy) is 1. The molecule has 0 saturated carbocycles. The third-order valence-corrected chi connectivity index (χ3v) is 3.85. The SMILES string of the molecule is CN(C)C(=O)c1ccc(-n2nc(C(F)(F)F)c3c2CCOC3)cc1. The molecular formula is C16H16F3N3O2. The molecule has 0 radical (unpaired) electrons. The highest BCUT2D eigenvalue weighted by molar-refractivity contribution is 5.94. The van der Waals surface area contributed by atoms with Gasteiger partial charge in [0.2, 0.25) is 0 Å². The van der Waals surface area contributed by atoms with Crippen LogP contribution in [0.1, 0.15) is 27.3 Å². The number of aromatic nitrogens is 2. The Labute approximate surface area is 136 Å². The molecule has 1 amide bonds. The lowest BCUT2D eigenvalue weighted by molar-refractivity contribution is -0.142. The first-order valence-corrected chi connectivity index (χ1v) is 7.37. The molecule has 2 aromatic rings. The predicted molar refractivity (Wildman–Crippen MR) is 79.9 cm³/mol. The molecule has 3 rings (SSSR count). The topological polar surface area (TPSA) is 47.4 Å². The lowest BCUT2D eigenvalue weighted by Crippen LogP contribution is -2.21. The summed E-state index contributed by atoms with van der Waals surface area (Å²) in [4.78, 5) is 13.3. The van der Waals surface area contributed by atoms with Gasteiger partial charge in [-0.15, -0.1) is 0 Å². The van der Waals surface area contributed by atoms with E-state index in [0.717, 1.165) is 0 Å². The largest absolute Gasteiger partial charge is 0.435 e. The van der Waals surface area contributed by atoms with Crippen molar-refractivity contribution in [2.24, 2.45) is 0 Å². The molecule has 8 heteroatoms. The highest BCUT2D eigenvalue weighted by atomic mass is 19.4. The minimum Gasteiger partial charge on any atom is -0.376 e. The number of hydrogen-bond donors (Lipinski definition) is 0. The van der Waals surface area contributed by atoms with Gasteiger partial charge in [0.1, 0.15) is 0 Å². The number of amides is 1. The number of carbonyl (C=O) groups excluding carboxylic acids is 1. The minimum absolute atomic E-state index is 0.0854. The van der Waals surface area contributed by atoms with Crippen LogP contribution < -0.4 is 0 Å². The van der Waals surface area contributed by atoms with E-state index in [-0.39, 0.29) is 18.1 Å². The van der Waals surface area contributed by atoms with Gasteiger partial charge >= 0.3 is 6.18 Å². The predicted octanol–water partition coefficient (Wildman–Crippen LogP) is 2.67. The number of halogens is 3. The number of benzene rings is 1. The van der Waals surface area contributed by atoms with Crippen molar-refractivity contribution in [1.29, 1.82) is 0 Å². The summed E-state index contributed by atoms with van der Waals surface area (Å²) in [5, 5.41) is 3.76.